The van der Waals surface area contributed by atoms with Gasteiger partial charge in [-0.1, -0.05) is 19.8 Å². The Balaban J connectivity index is 0.00000338. The maximum absolute atomic E-state index is 4.33. The van der Waals surface area contributed by atoms with E-state index in [4.69, 9.17) is 0 Å². The van der Waals surface area contributed by atoms with Gasteiger partial charge in [0.1, 0.15) is 0 Å². The van der Waals surface area contributed by atoms with Crippen LogP contribution in [-0.4, -0.2) is 73.7 Å². The van der Waals surface area contributed by atoms with Crippen LogP contribution < -0.4 is 15.5 Å². The molecule has 0 saturated carbocycles. The summed E-state index contributed by atoms with van der Waals surface area (Å²) in [6, 6.07) is 1.86. The lowest BCUT2D eigenvalue weighted by Crippen LogP contribution is -2.47. The van der Waals surface area contributed by atoms with Crippen molar-refractivity contribution in [2.24, 2.45) is 4.99 Å². The summed E-state index contributed by atoms with van der Waals surface area (Å²) in [6.07, 6.45) is 8.46. The van der Waals surface area contributed by atoms with Gasteiger partial charge < -0.3 is 15.5 Å². The standard InChI is InChI=1S/C18H33N7.HI/c1-3-4-5-8-20-17(19-2)21-11-7-12-24-13-15-25(16-14-24)18-22-9-6-10-23-18;/h6,9-10H,3-5,7-8,11-16H2,1-2H3,(H2,19,20,21);1H. The lowest BCUT2D eigenvalue weighted by Gasteiger charge is -2.34. The molecule has 1 fully saturated rings. The third kappa shape index (κ3) is 8.48. The second-order valence-electron chi connectivity index (χ2n) is 6.36. The minimum atomic E-state index is 0. The van der Waals surface area contributed by atoms with Gasteiger partial charge in [0.25, 0.3) is 0 Å². The summed E-state index contributed by atoms with van der Waals surface area (Å²) < 4.78 is 0. The summed E-state index contributed by atoms with van der Waals surface area (Å²) in [7, 11) is 1.83. The Bertz CT molecular complexity index is 490. The number of guanidine groups is 1. The molecule has 2 N–H and O–H groups in total. The third-order valence-electron chi connectivity index (χ3n) is 4.45. The number of piperazine rings is 1. The first-order valence-electron chi connectivity index (χ1n) is 9.52. The lowest BCUT2D eigenvalue weighted by atomic mass is 10.2. The number of anilines is 1. The molecule has 8 heteroatoms. The normalized spacial score (nSPS) is 15.5. The molecule has 0 aliphatic carbocycles. The Kier molecular flexibility index (Phi) is 12.3. The minimum Gasteiger partial charge on any atom is -0.356 e. The molecule has 26 heavy (non-hydrogen) atoms. The summed E-state index contributed by atoms with van der Waals surface area (Å²) in [5.74, 6) is 1.77. The van der Waals surface area contributed by atoms with Gasteiger partial charge in [-0.2, -0.15) is 0 Å². The van der Waals surface area contributed by atoms with Crippen LogP contribution in [0.5, 0.6) is 0 Å². The molecule has 7 nitrogen and oxygen atoms in total. The van der Waals surface area contributed by atoms with E-state index in [0.717, 1.165) is 64.1 Å². The highest BCUT2D eigenvalue weighted by Gasteiger charge is 2.18. The molecule has 1 aromatic rings. The second-order valence-corrected chi connectivity index (χ2v) is 6.36. The van der Waals surface area contributed by atoms with E-state index in [0.29, 0.717) is 0 Å². The Hall–Kier alpha value is -1.16. The van der Waals surface area contributed by atoms with Crippen molar-refractivity contribution in [1.29, 1.82) is 0 Å². The third-order valence-corrected chi connectivity index (χ3v) is 4.45. The van der Waals surface area contributed by atoms with Gasteiger partial charge in [-0.05, 0) is 25.5 Å². The Labute approximate surface area is 175 Å². The van der Waals surface area contributed by atoms with Crippen molar-refractivity contribution in [2.45, 2.75) is 32.6 Å². The van der Waals surface area contributed by atoms with E-state index in [1.807, 2.05) is 25.5 Å². The topological polar surface area (TPSA) is 68.7 Å². The predicted octanol–water partition coefficient (Wildman–Crippen LogP) is 1.96. The number of hydrogen-bond donors (Lipinski definition) is 2. The Morgan fingerprint density at radius 2 is 1.69 bits per heavy atom. The van der Waals surface area contributed by atoms with Crippen molar-refractivity contribution in [3.05, 3.63) is 18.5 Å². The van der Waals surface area contributed by atoms with E-state index in [-0.39, 0.29) is 24.0 Å². The molecule has 0 aromatic carbocycles. The van der Waals surface area contributed by atoms with Crippen LogP contribution in [0.1, 0.15) is 32.6 Å². The molecule has 0 unspecified atom stereocenters. The SMILES string of the molecule is CCCCCNC(=NC)NCCCN1CCN(c2ncccn2)CC1.I. The van der Waals surface area contributed by atoms with Crippen LogP contribution >= 0.6 is 24.0 Å². The van der Waals surface area contributed by atoms with Crippen molar-refractivity contribution >= 4 is 35.9 Å². The van der Waals surface area contributed by atoms with Crippen LogP contribution in [0, 0.1) is 0 Å². The highest BCUT2D eigenvalue weighted by Crippen LogP contribution is 2.09. The maximum Gasteiger partial charge on any atom is 0.225 e. The smallest absolute Gasteiger partial charge is 0.225 e. The van der Waals surface area contributed by atoms with Crippen LogP contribution in [0.2, 0.25) is 0 Å². The summed E-state index contributed by atoms with van der Waals surface area (Å²) in [6.45, 7) is 9.43. The molecule has 2 rings (SSSR count). The lowest BCUT2D eigenvalue weighted by molar-refractivity contribution is 0.254. The van der Waals surface area contributed by atoms with Gasteiger partial charge in [0.2, 0.25) is 5.95 Å². The fourth-order valence-electron chi connectivity index (χ4n) is 2.94. The molecule has 0 spiro atoms. The Morgan fingerprint density at radius 1 is 1.04 bits per heavy atom. The summed E-state index contributed by atoms with van der Waals surface area (Å²) in [5, 5.41) is 6.77. The van der Waals surface area contributed by atoms with E-state index in [9.17, 15) is 0 Å². The minimum absolute atomic E-state index is 0. The van der Waals surface area contributed by atoms with Crippen molar-refractivity contribution in [2.75, 3.05) is 57.8 Å². The van der Waals surface area contributed by atoms with Crippen LogP contribution in [0.3, 0.4) is 0 Å². The van der Waals surface area contributed by atoms with E-state index in [2.05, 4.69) is 42.3 Å². The zero-order chi connectivity index (χ0) is 17.7. The van der Waals surface area contributed by atoms with E-state index in [1.165, 1.54) is 19.3 Å². The molecule has 2 heterocycles. The highest BCUT2D eigenvalue weighted by atomic mass is 127. The zero-order valence-corrected chi connectivity index (χ0v) is 18.5. The largest absolute Gasteiger partial charge is 0.356 e. The number of nitrogens with zero attached hydrogens (tertiary/aromatic N) is 5. The summed E-state index contributed by atoms with van der Waals surface area (Å²) in [4.78, 5) is 17.7. The van der Waals surface area contributed by atoms with Crippen LogP contribution in [-0.2, 0) is 0 Å². The number of aromatic nitrogens is 2. The summed E-state index contributed by atoms with van der Waals surface area (Å²) in [5.41, 5.74) is 0. The van der Waals surface area contributed by atoms with Crippen molar-refractivity contribution in [3.63, 3.8) is 0 Å². The van der Waals surface area contributed by atoms with Gasteiger partial charge in [-0.25, -0.2) is 9.97 Å². The molecule has 1 aliphatic rings. The summed E-state index contributed by atoms with van der Waals surface area (Å²) >= 11 is 0. The average molecular weight is 475 g/mol. The molecule has 1 aromatic heterocycles. The van der Waals surface area contributed by atoms with Gasteiger partial charge in [0.15, 0.2) is 5.96 Å². The first kappa shape index (κ1) is 22.9. The fourth-order valence-corrected chi connectivity index (χ4v) is 2.94. The quantitative estimate of drug-likeness (QED) is 0.246. The molecular formula is C18H34IN7. The van der Waals surface area contributed by atoms with Gasteiger partial charge in [-0.3, -0.25) is 9.89 Å². The molecule has 148 valence electrons. The second kappa shape index (κ2) is 14.0. The molecule has 1 saturated heterocycles. The number of nitrogens with one attached hydrogen (secondary N) is 2. The fraction of sp³-hybridized carbons (Fsp3) is 0.722. The van der Waals surface area contributed by atoms with Crippen molar-refractivity contribution in [1.82, 2.24) is 25.5 Å². The number of halogens is 1. The van der Waals surface area contributed by atoms with Crippen LogP contribution in [0.25, 0.3) is 0 Å². The predicted molar refractivity (Wildman–Crippen MR) is 120 cm³/mol. The maximum atomic E-state index is 4.33. The van der Waals surface area contributed by atoms with Crippen LogP contribution in [0.15, 0.2) is 23.5 Å². The zero-order valence-electron chi connectivity index (χ0n) is 16.2. The highest BCUT2D eigenvalue weighted by molar-refractivity contribution is 14.0. The number of unbranched alkanes of at least 4 members (excludes halogenated alkanes) is 2. The van der Waals surface area contributed by atoms with Gasteiger partial charge in [-0.15, -0.1) is 24.0 Å². The van der Waals surface area contributed by atoms with E-state index in [1.54, 1.807) is 0 Å². The molecule has 0 atom stereocenters. The first-order valence-corrected chi connectivity index (χ1v) is 9.52. The number of hydrogen-bond acceptors (Lipinski definition) is 5. The van der Waals surface area contributed by atoms with Crippen molar-refractivity contribution in [3.8, 4) is 0 Å². The molecule has 1 aliphatic heterocycles. The Morgan fingerprint density at radius 3 is 2.31 bits per heavy atom. The average Bonchev–Trinajstić information content (AvgIpc) is 2.68. The van der Waals surface area contributed by atoms with Crippen molar-refractivity contribution < 1.29 is 0 Å². The number of rotatable bonds is 9. The van der Waals surface area contributed by atoms with E-state index < -0.39 is 0 Å². The van der Waals surface area contributed by atoms with Crippen LogP contribution in [0.4, 0.5) is 5.95 Å². The molecule has 0 radical (unpaired) electrons. The van der Waals surface area contributed by atoms with Gasteiger partial charge in [0.05, 0.1) is 0 Å². The monoisotopic (exact) mass is 475 g/mol. The van der Waals surface area contributed by atoms with E-state index >= 15 is 0 Å². The van der Waals surface area contributed by atoms with Gasteiger partial charge in [0, 0.05) is 58.7 Å². The van der Waals surface area contributed by atoms with Gasteiger partial charge >= 0.3 is 0 Å². The molecule has 0 amide bonds. The first-order chi connectivity index (χ1) is 12.3. The number of aliphatic imine (C=N–C) groups is 1. The molecular weight excluding hydrogens is 441 g/mol. The molecule has 0 bridgehead atoms.